The maximum atomic E-state index is 12.4. The van der Waals surface area contributed by atoms with Crippen molar-refractivity contribution in [2.24, 2.45) is 52.3 Å². The summed E-state index contributed by atoms with van der Waals surface area (Å²) in [6.07, 6.45) is 3.77. The van der Waals surface area contributed by atoms with Crippen LogP contribution in [0.2, 0.25) is 0 Å². The maximum absolute atomic E-state index is 12.4. The van der Waals surface area contributed by atoms with Gasteiger partial charge >= 0.3 is 16.4 Å². The fraction of sp³-hybridized carbons (Fsp3) is 0.875. The van der Waals surface area contributed by atoms with Crippen LogP contribution in [0.5, 0.6) is 0 Å². The van der Waals surface area contributed by atoms with E-state index in [2.05, 4.69) is 26.1 Å². The van der Waals surface area contributed by atoms with Crippen LogP contribution in [0, 0.1) is 52.3 Å². The average molecular weight is 658 g/mol. The Morgan fingerprint density at radius 3 is 2.33 bits per heavy atom. The second kappa shape index (κ2) is 12.8. The molecular weight excluding hydrogens is 606 g/mol. The fourth-order valence-corrected chi connectivity index (χ4v) is 11.6. The fourth-order valence-electron chi connectivity index (χ4n) is 11.1. The molecule has 5 rings (SSSR count). The van der Waals surface area contributed by atoms with Gasteiger partial charge in [-0.15, -0.1) is 0 Å². The second-order valence-corrected chi connectivity index (χ2v) is 16.2. The van der Waals surface area contributed by atoms with Gasteiger partial charge in [0, 0.05) is 13.0 Å². The predicted octanol–water partition coefficient (Wildman–Crippen LogP) is 2.32. The molecule has 0 bridgehead atoms. The summed E-state index contributed by atoms with van der Waals surface area (Å²) in [6.45, 7) is 7.52. The van der Waals surface area contributed by atoms with Gasteiger partial charge in [-0.25, -0.2) is 8.98 Å². The number of aliphatic hydroxyl groups is 3. The summed E-state index contributed by atoms with van der Waals surface area (Å²) < 4.78 is 44.3. The first-order valence-corrected chi connectivity index (χ1v) is 17.8. The first-order chi connectivity index (χ1) is 21.0. The molecule has 4 aliphatic carbocycles. The lowest BCUT2D eigenvalue weighted by atomic mass is 9.41. The van der Waals surface area contributed by atoms with Crippen molar-refractivity contribution in [1.29, 1.82) is 0 Å². The number of carboxylic acids is 1. The number of aliphatic carboxylic acids is 1. The Bertz CT molecular complexity index is 1260. The van der Waals surface area contributed by atoms with E-state index in [-0.39, 0.29) is 58.2 Å². The number of amides is 1. The highest BCUT2D eigenvalue weighted by Gasteiger charge is 2.65. The van der Waals surface area contributed by atoms with Crippen LogP contribution in [-0.2, 0) is 28.9 Å². The lowest BCUT2D eigenvalue weighted by Crippen LogP contribution is -2.68. The molecule has 15 atom stereocenters. The van der Waals surface area contributed by atoms with Crippen LogP contribution in [0.15, 0.2) is 12.2 Å². The zero-order valence-corrected chi connectivity index (χ0v) is 27.4. The molecule has 0 aromatic rings. The topological polar surface area (TPSA) is 200 Å². The number of fused-ring (bicyclic) bond motifs is 5. The minimum Gasteiger partial charge on any atom is -0.478 e. The minimum absolute atomic E-state index is 0.00128. The molecule has 1 amide bonds. The van der Waals surface area contributed by atoms with Crippen molar-refractivity contribution in [2.75, 3.05) is 6.61 Å². The van der Waals surface area contributed by atoms with E-state index in [0.29, 0.717) is 19.3 Å². The number of rotatable bonds is 8. The summed E-state index contributed by atoms with van der Waals surface area (Å²) in [6, 6.07) is -0.924. The zero-order valence-electron chi connectivity index (χ0n) is 26.6. The summed E-state index contributed by atoms with van der Waals surface area (Å²) in [5, 5.41) is 44.3. The summed E-state index contributed by atoms with van der Waals surface area (Å²) in [5.41, 5.74) is -0.246. The Morgan fingerprint density at radius 2 is 1.71 bits per heavy atom. The van der Waals surface area contributed by atoms with Gasteiger partial charge in [-0.05, 0) is 104 Å². The van der Waals surface area contributed by atoms with Crippen molar-refractivity contribution in [1.82, 2.24) is 5.32 Å². The molecule has 4 saturated carbocycles. The number of carbonyl (C=O) groups excluding carboxylic acids is 1. The van der Waals surface area contributed by atoms with E-state index in [9.17, 15) is 43.0 Å². The van der Waals surface area contributed by atoms with Crippen LogP contribution in [0.4, 0.5) is 0 Å². The van der Waals surface area contributed by atoms with E-state index in [1.807, 2.05) is 0 Å². The van der Waals surface area contributed by atoms with Gasteiger partial charge in [0.05, 0.1) is 24.9 Å². The number of hydrogen-bond acceptors (Lipinski definition) is 9. The van der Waals surface area contributed by atoms with Crippen molar-refractivity contribution in [3.8, 4) is 0 Å². The quantitative estimate of drug-likeness (QED) is 0.165. The number of hydrogen-bond donors (Lipinski definition) is 6. The Kier molecular flexibility index (Phi) is 9.86. The number of aliphatic hydroxyl groups excluding tert-OH is 3. The summed E-state index contributed by atoms with van der Waals surface area (Å²) in [7, 11) is -4.63. The van der Waals surface area contributed by atoms with Gasteiger partial charge in [-0.1, -0.05) is 26.8 Å². The molecule has 1 aliphatic heterocycles. The first kappa shape index (κ1) is 34.7. The lowest BCUT2D eigenvalue weighted by molar-refractivity contribution is -0.239. The van der Waals surface area contributed by atoms with Crippen LogP contribution in [0.1, 0.15) is 79.1 Å². The second-order valence-electron chi connectivity index (χ2n) is 15.1. The molecule has 0 spiro atoms. The third-order valence-electron chi connectivity index (χ3n) is 13.0. The minimum atomic E-state index is -4.63. The van der Waals surface area contributed by atoms with E-state index in [1.165, 1.54) is 13.0 Å². The number of ether oxygens (including phenoxy) is 1. The van der Waals surface area contributed by atoms with Gasteiger partial charge < -0.3 is 30.5 Å². The molecule has 256 valence electrons. The smallest absolute Gasteiger partial charge is 0.397 e. The third-order valence-corrected chi connectivity index (χ3v) is 13.5. The number of nitrogens with one attached hydrogen (secondary N) is 1. The van der Waals surface area contributed by atoms with Crippen molar-refractivity contribution < 1.29 is 51.9 Å². The number of carbonyl (C=O) groups is 2. The lowest BCUT2D eigenvalue weighted by Gasteiger charge is -2.65. The molecule has 45 heavy (non-hydrogen) atoms. The zero-order chi connectivity index (χ0) is 33.1. The van der Waals surface area contributed by atoms with Gasteiger partial charge in [-0.3, -0.25) is 9.35 Å². The van der Waals surface area contributed by atoms with Crippen LogP contribution in [-0.4, -0.2) is 88.4 Å². The Labute approximate surface area is 265 Å². The molecule has 13 heteroatoms. The van der Waals surface area contributed by atoms with Crippen LogP contribution in [0.3, 0.4) is 0 Å². The molecular formula is C32H51NO11S. The maximum Gasteiger partial charge on any atom is 0.397 e. The normalized spacial score (nSPS) is 47.4. The van der Waals surface area contributed by atoms with Crippen molar-refractivity contribution in [3.05, 3.63) is 12.2 Å². The molecule has 0 radical (unpaired) electrons. The van der Waals surface area contributed by atoms with Gasteiger partial charge in [0.1, 0.15) is 18.3 Å². The summed E-state index contributed by atoms with van der Waals surface area (Å²) in [5.74, 6) is -0.676. The van der Waals surface area contributed by atoms with E-state index >= 15 is 0 Å². The molecule has 6 N–H and O–H groups in total. The van der Waals surface area contributed by atoms with Gasteiger partial charge in [0.2, 0.25) is 5.91 Å². The standard InChI is InChI=1S/C32H51NO11S/c1-16(5-8-25(36)37)21-6-7-22-26-20(30-27(33-17(2)35)29(39)28(38)24(15-34)43-30)14-18-13-19(44-45(40,41)42)9-11-31(18,3)23(26)10-12-32(21,22)4/h5,8,16,18-24,26-30,34,38-39H,6-7,9-15H2,1-4H3,(H,33,35)(H,36,37)(H,40,41,42)/t16-,18?,19+,20+,21-,22+,23+,24-,26+,27-,28-,29-,30?,31+,32-/m1/s1. The molecule has 0 aromatic heterocycles. The van der Waals surface area contributed by atoms with Crippen molar-refractivity contribution >= 4 is 22.3 Å². The van der Waals surface area contributed by atoms with Crippen LogP contribution in [0.25, 0.3) is 0 Å². The average Bonchev–Trinajstić information content (AvgIpc) is 3.30. The molecule has 1 heterocycles. The summed E-state index contributed by atoms with van der Waals surface area (Å²) in [4.78, 5) is 23.7. The molecule has 5 aliphatic rings. The van der Waals surface area contributed by atoms with E-state index in [1.54, 1.807) is 6.08 Å². The highest BCUT2D eigenvalue weighted by atomic mass is 32.3. The number of carboxylic acid groups (broad SMARTS) is 1. The molecule has 12 nitrogen and oxygen atoms in total. The highest BCUT2D eigenvalue weighted by molar-refractivity contribution is 7.80. The predicted molar refractivity (Wildman–Crippen MR) is 162 cm³/mol. The highest BCUT2D eigenvalue weighted by Crippen LogP contribution is 2.70. The van der Waals surface area contributed by atoms with Gasteiger partial charge in [0.15, 0.2) is 0 Å². The summed E-state index contributed by atoms with van der Waals surface area (Å²) >= 11 is 0. The van der Waals surface area contributed by atoms with Gasteiger partial charge in [-0.2, -0.15) is 8.42 Å². The molecule has 1 saturated heterocycles. The van der Waals surface area contributed by atoms with Crippen molar-refractivity contribution in [3.63, 3.8) is 0 Å². The Morgan fingerprint density at radius 1 is 1.04 bits per heavy atom. The third kappa shape index (κ3) is 6.47. The SMILES string of the molecule is CC(=O)N[C@H]1C([C@H]2CC3C[C@@H](OS(=O)(=O)O)CC[C@]3(C)[C@H]3CC[C@]4(C)[C@@H]([C@H](C)C=CC(=O)O)CC[C@H]4[C@H]23)O[C@H](CO)[C@@H](O)[C@@H]1O. The number of allylic oxidation sites excluding steroid dienone is 1. The van der Waals surface area contributed by atoms with Crippen LogP contribution >= 0.6 is 0 Å². The largest absolute Gasteiger partial charge is 0.478 e. The Balaban J connectivity index is 1.56. The monoisotopic (exact) mass is 657 g/mol. The van der Waals surface area contributed by atoms with E-state index in [0.717, 1.165) is 32.1 Å². The van der Waals surface area contributed by atoms with E-state index in [4.69, 9.17) is 8.92 Å². The molecule has 5 fully saturated rings. The van der Waals surface area contributed by atoms with Crippen molar-refractivity contribution in [2.45, 2.75) is 116 Å². The molecule has 0 aromatic carbocycles. The van der Waals surface area contributed by atoms with Gasteiger partial charge in [0.25, 0.3) is 0 Å². The first-order valence-electron chi connectivity index (χ1n) is 16.5. The van der Waals surface area contributed by atoms with Crippen LogP contribution < -0.4 is 5.32 Å². The van der Waals surface area contributed by atoms with E-state index < -0.39 is 59.5 Å². The Hall–Kier alpha value is -1.61. The molecule has 2 unspecified atom stereocenters.